The van der Waals surface area contributed by atoms with Gasteiger partial charge in [-0.05, 0) is 42.4 Å². The van der Waals surface area contributed by atoms with Gasteiger partial charge in [-0.25, -0.2) is 0 Å². The summed E-state index contributed by atoms with van der Waals surface area (Å²) in [5, 5.41) is 2.97. The molecule has 3 nitrogen and oxygen atoms in total. The third kappa shape index (κ3) is 8.36. The van der Waals surface area contributed by atoms with Crippen molar-refractivity contribution in [1.82, 2.24) is 5.32 Å². The summed E-state index contributed by atoms with van der Waals surface area (Å²) in [6, 6.07) is 7.80. The van der Waals surface area contributed by atoms with Gasteiger partial charge in [-0.3, -0.25) is 4.79 Å². The zero-order chi connectivity index (χ0) is 16.4. The van der Waals surface area contributed by atoms with Crippen molar-refractivity contribution in [3.63, 3.8) is 0 Å². The molecule has 120 valence electrons. The number of nitrogens with one attached hydrogen (secondary N) is 1. The van der Waals surface area contributed by atoms with Crippen LogP contribution in [0.3, 0.4) is 0 Å². The molecule has 0 aliphatic heterocycles. The minimum Gasteiger partial charge on any atom is -0.481 e. The first kappa shape index (κ1) is 18.1. The van der Waals surface area contributed by atoms with Crippen LogP contribution in [0.4, 0.5) is 0 Å². The first-order valence-electron chi connectivity index (χ1n) is 7.82. The van der Waals surface area contributed by atoms with Crippen LogP contribution in [0.2, 0.25) is 0 Å². The van der Waals surface area contributed by atoms with E-state index in [9.17, 15) is 4.79 Å². The topological polar surface area (TPSA) is 38.3 Å². The fourth-order valence-corrected chi connectivity index (χ4v) is 2.09. The second kappa shape index (κ2) is 9.15. The number of rotatable bonds is 8. The Kier molecular flexibility index (Phi) is 7.52. The Morgan fingerprint density at radius 3 is 2.55 bits per heavy atom. The van der Waals surface area contributed by atoms with Crippen molar-refractivity contribution in [2.75, 3.05) is 13.2 Å². The van der Waals surface area contributed by atoms with E-state index in [1.807, 2.05) is 24.3 Å². The van der Waals surface area contributed by atoms with Gasteiger partial charge in [-0.2, -0.15) is 0 Å². The molecule has 0 aliphatic carbocycles. The first-order valence-corrected chi connectivity index (χ1v) is 7.82. The molecular weight excluding hydrogens is 274 g/mol. The highest BCUT2D eigenvalue weighted by molar-refractivity contribution is 5.75. The first-order chi connectivity index (χ1) is 10.4. The minimum absolute atomic E-state index is 0.137. The normalized spacial score (nSPS) is 10.8. The number of benzene rings is 1. The summed E-state index contributed by atoms with van der Waals surface area (Å²) < 4.78 is 5.32. The van der Waals surface area contributed by atoms with E-state index in [1.54, 1.807) is 0 Å². The predicted molar refractivity (Wildman–Crippen MR) is 90.8 cm³/mol. The number of amides is 1. The van der Waals surface area contributed by atoms with Crippen LogP contribution in [0, 0.1) is 17.8 Å². The Labute approximate surface area is 134 Å². The third-order valence-electron chi connectivity index (χ3n) is 3.31. The van der Waals surface area contributed by atoms with Crippen LogP contribution in [0.1, 0.15) is 45.6 Å². The highest BCUT2D eigenvalue weighted by Crippen LogP contribution is 2.21. The van der Waals surface area contributed by atoms with Crippen molar-refractivity contribution in [3.05, 3.63) is 29.8 Å². The summed E-state index contributed by atoms with van der Waals surface area (Å²) in [6.07, 6.45) is 8.58. The lowest BCUT2D eigenvalue weighted by atomic mass is 9.90. The zero-order valence-electron chi connectivity index (χ0n) is 13.9. The molecule has 0 radical (unpaired) electrons. The quantitative estimate of drug-likeness (QED) is 0.745. The van der Waals surface area contributed by atoms with Crippen LogP contribution >= 0.6 is 0 Å². The lowest BCUT2D eigenvalue weighted by Gasteiger charge is -2.17. The summed E-state index contributed by atoms with van der Waals surface area (Å²) in [6.45, 7) is 7.54. The molecule has 1 N–H and O–H groups in total. The third-order valence-corrected chi connectivity index (χ3v) is 3.31. The molecule has 0 heterocycles. The molecule has 22 heavy (non-hydrogen) atoms. The molecule has 1 aromatic carbocycles. The summed E-state index contributed by atoms with van der Waals surface area (Å²) in [5.41, 5.74) is 1.46. The maximum Gasteiger partial charge on any atom is 0.220 e. The van der Waals surface area contributed by atoms with Gasteiger partial charge in [-0.15, -0.1) is 6.42 Å². The summed E-state index contributed by atoms with van der Waals surface area (Å²) >= 11 is 0. The average molecular weight is 301 g/mol. The van der Waals surface area contributed by atoms with Crippen molar-refractivity contribution in [3.8, 4) is 18.1 Å². The van der Waals surface area contributed by atoms with Crippen molar-refractivity contribution in [1.29, 1.82) is 0 Å². The molecule has 0 bridgehead atoms. The van der Waals surface area contributed by atoms with Crippen molar-refractivity contribution < 1.29 is 9.53 Å². The average Bonchev–Trinajstić information content (AvgIpc) is 2.45. The van der Waals surface area contributed by atoms with E-state index in [0.29, 0.717) is 18.4 Å². The second-order valence-corrected chi connectivity index (χ2v) is 6.65. The predicted octanol–water partition coefficient (Wildman–Crippen LogP) is 3.57. The fraction of sp³-hybridized carbons (Fsp3) is 0.526. The molecule has 0 atom stereocenters. The van der Waals surface area contributed by atoms with Crippen LogP contribution in [-0.2, 0) is 11.2 Å². The molecule has 3 heteroatoms. The number of carbonyl (C=O) groups is 1. The van der Waals surface area contributed by atoms with Crippen molar-refractivity contribution in [2.24, 2.45) is 5.41 Å². The van der Waals surface area contributed by atoms with Crippen molar-refractivity contribution in [2.45, 2.75) is 46.5 Å². The van der Waals surface area contributed by atoms with E-state index >= 15 is 0 Å². The monoisotopic (exact) mass is 301 g/mol. The minimum atomic E-state index is 0.137. The SMILES string of the molecule is C#CCOc1ccc(CCNC(=O)CCCC(C)(C)C)cc1. The molecule has 0 unspecified atom stereocenters. The maximum absolute atomic E-state index is 11.7. The summed E-state index contributed by atoms with van der Waals surface area (Å²) in [7, 11) is 0. The Bertz CT molecular complexity index is 492. The van der Waals surface area contributed by atoms with Crippen molar-refractivity contribution >= 4 is 5.91 Å². The van der Waals surface area contributed by atoms with E-state index in [2.05, 4.69) is 32.0 Å². The molecule has 0 saturated carbocycles. The maximum atomic E-state index is 11.7. The van der Waals surface area contributed by atoms with Gasteiger partial charge < -0.3 is 10.1 Å². The number of hydrogen-bond donors (Lipinski definition) is 1. The van der Waals surface area contributed by atoms with Gasteiger partial charge in [0.15, 0.2) is 0 Å². The summed E-state index contributed by atoms with van der Waals surface area (Å²) in [4.78, 5) is 11.7. The lowest BCUT2D eigenvalue weighted by Crippen LogP contribution is -2.25. The standard InChI is InChI=1S/C19H27NO2/c1-5-15-22-17-10-8-16(9-11-17)12-14-20-18(21)7-6-13-19(2,3)4/h1,8-11H,6-7,12-15H2,2-4H3,(H,20,21). The van der Waals surface area contributed by atoms with Gasteiger partial charge >= 0.3 is 0 Å². The lowest BCUT2D eigenvalue weighted by molar-refractivity contribution is -0.121. The largest absolute Gasteiger partial charge is 0.481 e. The summed E-state index contributed by atoms with van der Waals surface area (Å²) in [5.74, 6) is 3.34. The van der Waals surface area contributed by atoms with E-state index in [0.717, 1.165) is 25.0 Å². The fourth-order valence-electron chi connectivity index (χ4n) is 2.09. The molecular formula is C19H27NO2. The zero-order valence-corrected chi connectivity index (χ0v) is 13.9. The smallest absolute Gasteiger partial charge is 0.220 e. The van der Waals surface area contributed by atoms with Gasteiger partial charge in [-0.1, -0.05) is 38.8 Å². The number of terminal acetylenes is 1. The van der Waals surface area contributed by atoms with Gasteiger partial charge in [0.1, 0.15) is 12.4 Å². The molecule has 0 saturated heterocycles. The Morgan fingerprint density at radius 1 is 1.27 bits per heavy atom. The molecule has 0 fully saturated rings. The highest BCUT2D eigenvalue weighted by Gasteiger charge is 2.10. The Morgan fingerprint density at radius 2 is 1.95 bits per heavy atom. The van der Waals surface area contributed by atoms with Gasteiger partial charge in [0.05, 0.1) is 0 Å². The van der Waals surface area contributed by atoms with Crippen LogP contribution < -0.4 is 10.1 Å². The number of hydrogen-bond acceptors (Lipinski definition) is 2. The molecule has 0 spiro atoms. The van der Waals surface area contributed by atoms with Gasteiger partial charge in [0.2, 0.25) is 5.91 Å². The van der Waals surface area contributed by atoms with E-state index in [4.69, 9.17) is 11.2 Å². The van der Waals surface area contributed by atoms with E-state index in [-0.39, 0.29) is 12.5 Å². The van der Waals surface area contributed by atoms with Gasteiger partial charge in [0, 0.05) is 13.0 Å². The molecule has 0 aromatic heterocycles. The molecule has 1 rings (SSSR count). The van der Waals surface area contributed by atoms with Crippen LogP contribution in [0.5, 0.6) is 5.75 Å². The molecule has 0 aliphatic rings. The van der Waals surface area contributed by atoms with Crippen LogP contribution in [0.15, 0.2) is 24.3 Å². The van der Waals surface area contributed by atoms with Crippen LogP contribution in [0.25, 0.3) is 0 Å². The van der Waals surface area contributed by atoms with E-state index < -0.39 is 0 Å². The number of ether oxygens (including phenoxy) is 1. The molecule has 1 aromatic rings. The Balaban J connectivity index is 2.21. The van der Waals surface area contributed by atoms with E-state index in [1.165, 1.54) is 5.56 Å². The second-order valence-electron chi connectivity index (χ2n) is 6.65. The number of carbonyl (C=O) groups excluding carboxylic acids is 1. The molecule has 1 amide bonds. The Hall–Kier alpha value is -1.95. The van der Waals surface area contributed by atoms with Gasteiger partial charge in [0.25, 0.3) is 0 Å². The highest BCUT2D eigenvalue weighted by atomic mass is 16.5. The van der Waals surface area contributed by atoms with Crippen LogP contribution in [-0.4, -0.2) is 19.1 Å².